The summed E-state index contributed by atoms with van der Waals surface area (Å²) in [6.07, 6.45) is 3.37. The molecule has 1 unspecified atom stereocenters. The first kappa shape index (κ1) is 16.6. The third-order valence-corrected chi connectivity index (χ3v) is 4.01. The summed E-state index contributed by atoms with van der Waals surface area (Å²) in [5, 5.41) is 2.94. The fourth-order valence-corrected chi connectivity index (χ4v) is 2.63. The third kappa shape index (κ3) is 3.80. The van der Waals surface area contributed by atoms with Crippen molar-refractivity contribution >= 4 is 11.7 Å². The van der Waals surface area contributed by atoms with E-state index >= 15 is 0 Å². The van der Waals surface area contributed by atoms with E-state index in [2.05, 4.69) is 10.3 Å². The first-order valence-corrected chi connectivity index (χ1v) is 8.06. The Morgan fingerprint density at radius 1 is 0.840 bits per heavy atom. The third-order valence-electron chi connectivity index (χ3n) is 4.01. The van der Waals surface area contributed by atoms with Gasteiger partial charge in [-0.15, -0.1) is 0 Å². The van der Waals surface area contributed by atoms with Crippen LogP contribution in [0.15, 0.2) is 79.1 Å². The summed E-state index contributed by atoms with van der Waals surface area (Å²) >= 11 is 0. The highest BCUT2D eigenvalue weighted by Gasteiger charge is 2.19. The van der Waals surface area contributed by atoms with Gasteiger partial charge in [0.05, 0.1) is 11.6 Å². The van der Waals surface area contributed by atoms with Crippen LogP contribution >= 0.6 is 0 Å². The molecule has 3 rings (SSSR count). The highest BCUT2D eigenvalue weighted by atomic mass is 16.2. The van der Waals surface area contributed by atoms with Crippen LogP contribution in [0.4, 0.5) is 0 Å². The van der Waals surface area contributed by atoms with Crippen LogP contribution in [0.25, 0.3) is 0 Å². The van der Waals surface area contributed by atoms with E-state index in [4.69, 9.17) is 0 Å². The summed E-state index contributed by atoms with van der Waals surface area (Å²) < 4.78 is 0. The lowest BCUT2D eigenvalue weighted by atomic mass is 9.97. The smallest absolute Gasteiger partial charge is 0.252 e. The van der Waals surface area contributed by atoms with Crippen molar-refractivity contribution in [3.63, 3.8) is 0 Å². The van der Waals surface area contributed by atoms with Gasteiger partial charge in [0.25, 0.3) is 5.91 Å². The Morgan fingerprint density at radius 3 is 2.12 bits per heavy atom. The van der Waals surface area contributed by atoms with Gasteiger partial charge in [-0.05, 0) is 30.7 Å². The molecule has 0 aliphatic rings. The predicted molar refractivity (Wildman–Crippen MR) is 96.4 cm³/mol. The van der Waals surface area contributed by atoms with Gasteiger partial charge < -0.3 is 5.32 Å². The molecule has 4 nitrogen and oxygen atoms in total. The fraction of sp³-hybridized carbons (Fsp3) is 0.0952. The average molecular weight is 330 g/mol. The number of benzene rings is 2. The molecule has 0 spiro atoms. The average Bonchev–Trinajstić information content (AvgIpc) is 2.68. The van der Waals surface area contributed by atoms with Gasteiger partial charge in [0.2, 0.25) is 0 Å². The van der Waals surface area contributed by atoms with Gasteiger partial charge in [-0.25, -0.2) is 0 Å². The van der Waals surface area contributed by atoms with E-state index in [0.29, 0.717) is 16.7 Å². The van der Waals surface area contributed by atoms with Crippen molar-refractivity contribution in [2.45, 2.75) is 13.0 Å². The van der Waals surface area contributed by atoms with E-state index in [0.717, 1.165) is 5.56 Å². The molecule has 1 amide bonds. The van der Waals surface area contributed by atoms with Gasteiger partial charge in [-0.1, -0.05) is 48.5 Å². The summed E-state index contributed by atoms with van der Waals surface area (Å²) in [5.41, 5.74) is 2.28. The molecular formula is C21H18N2O2. The number of nitrogens with one attached hydrogen (secondary N) is 1. The number of nitrogens with zero attached hydrogens (tertiary/aromatic N) is 1. The van der Waals surface area contributed by atoms with Crippen LogP contribution in [0, 0.1) is 0 Å². The molecule has 1 atom stereocenters. The summed E-state index contributed by atoms with van der Waals surface area (Å²) in [5.74, 6) is -0.438. The minimum Gasteiger partial charge on any atom is -0.345 e. The Hall–Kier alpha value is -3.27. The van der Waals surface area contributed by atoms with Crippen LogP contribution < -0.4 is 5.32 Å². The molecule has 0 fully saturated rings. The second-order valence-electron chi connectivity index (χ2n) is 5.72. The monoisotopic (exact) mass is 330 g/mol. The molecule has 0 saturated heterocycles. The van der Waals surface area contributed by atoms with Gasteiger partial charge in [-0.2, -0.15) is 0 Å². The minimum atomic E-state index is -0.274. The van der Waals surface area contributed by atoms with Crippen molar-refractivity contribution in [3.8, 4) is 0 Å². The number of pyridine rings is 1. The van der Waals surface area contributed by atoms with E-state index < -0.39 is 0 Å². The maximum atomic E-state index is 12.7. The van der Waals surface area contributed by atoms with Crippen LogP contribution in [0.5, 0.6) is 0 Å². The number of ketones is 1. The molecule has 0 aliphatic heterocycles. The van der Waals surface area contributed by atoms with Crippen molar-refractivity contribution < 1.29 is 9.59 Å². The van der Waals surface area contributed by atoms with Gasteiger partial charge >= 0.3 is 0 Å². The number of carbonyl (C=O) groups excluding carboxylic acids is 2. The zero-order valence-electron chi connectivity index (χ0n) is 13.8. The van der Waals surface area contributed by atoms with E-state index in [1.807, 2.05) is 25.1 Å². The zero-order chi connectivity index (χ0) is 17.6. The molecule has 124 valence electrons. The first-order valence-electron chi connectivity index (χ1n) is 8.06. The van der Waals surface area contributed by atoms with E-state index in [9.17, 15) is 9.59 Å². The van der Waals surface area contributed by atoms with E-state index in [1.165, 1.54) is 0 Å². The van der Waals surface area contributed by atoms with Crippen molar-refractivity contribution in [1.82, 2.24) is 10.3 Å². The molecular weight excluding hydrogens is 312 g/mol. The Balaban J connectivity index is 1.85. The number of hydrogen-bond acceptors (Lipinski definition) is 3. The first-order chi connectivity index (χ1) is 12.2. The number of amides is 1. The van der Waals surface area contributed by atoms with Gasteiger partial charge in [-0.3, -0.25) is 14.6 Å². The van der Waals surface area contributed by atoms with Crippen LogP contribution in [0.1, 0.15) is 44.8 Å². The van der Waals surface area contributed by atoms with E-state index in [-0.39, 0.29) is 17.7 Å². The molecule has 1 heterocycles. The number of hydrogen-bond donors (Lipinski definition) is 1. The Morgan fingerprint density at radius 2 is 1.44 bits per heavy atom. The second kappa shape index (κ2) is 7.53. The summed E-state index contributed by atoms with van der Waals surface area (Å²) in [4.78, 5) is 29.4. The molecule has 1 N–H and O–H groups in total. The Labute approximate surface area is 146 Å². The van der Waals surface area contributed by atoms with Crippen molar-refractivity contribution in [2.24, 2.45) is 0 Å². The van der Waals surface area contributed by atoms with Crippen LogP contribution in [0.2, 0.25) is 0 Å². The fourth-order valence-electron chi connectivity index (χ4n) is 2.63. The summed E-state index contributed by atoms with van der Waals surface area (Å²) in [6, 6.07) is 19.4. The molecule has 3 aromatic rings. The summed E-state index contributed by atoms with van der Waals surface area (Å²) in [6.45, 7) is 1.90. The van der Waals surface area contributed by atoms with Crippen LogP contribution in [-0.2, 0) is 0 Å². The minimum absolute atomic E-state index is 0.164. The largest absolute Gasteiger partial charge is 0.345 e. The highest BCUT2D eigenvalue weighted by molar-refractivity contribution is 6.15. The van der Waals surface area contributed by atoms with Crippen molar-refractivity contribution in [2.75, 3.05) is 0 Å². The lowest BCUT2D eigenvalue weighted by Crippen LogP contribution is -2.28. The molecule has 0 radical (unpaired) electrons. The number of rotatable bonds is 5. The highest BCUT2D eigenvalue weighted by Crippen LogP contribution is 2.17. The van der Waals surface area contributed by atoms with E-state index in [1.54, 1.807) is 60.9 Å². The SMILES string of the molecule is CC(NC(=O)c1ccccc1C(=O)c1ccccc1)c1ccncc1. The Bertz CT molecular complexity index is 877. The molecule has 4 heteroatoms. The second-order valence-corrected chi connectivity index (χ2v) is 5.72. The number of carbonyl (C=O) groups is 2. The molecule has 1 aromatic heterocycles. The topological polar surface area (TPSA) is 59.1 Å². The molecule has 25 heavy (non-hydrogen) atoms. The van der Waals surface area contributed by atoms with Gasteiger partial charge in [0.1, 0.15) is 0 Å². The lowest BCUT2D eigenvalue weighted by Gasteiger charge is -2.15. The Kier molecular flexibility index (Phi) is 5.00. The molecule has 0 saturated carbocycles. The van der Waals surface area contributed by atoms with Crippen LogP contribution in [0.3, 0.4) is 0 Å². The maximum Gasteiger partial charge on any atom is 0.252 e. The number of aromatic nitrogens is 1. The molecule has 2 aromatic carbocycles. The summed E-state index contributed by atoms with van der Waals surface area (Å²) in [7, 11) is 0. The van der Waals surface area contributed by atoms with Gasteiger partial charge in [0.15, 0.2) is 5.78 Å². The van der Waals surface area contributed by atoms with Crippen molar-refractivity contribution in [3.05, 3.63) is 101 Å². The molecule has 0 bridgehead atoms. The van der Waals surface area contributed by atoms with Gasteiger partial charge in [0, 0.05) is 23.5 Å². The lowest BCUT2D eigenvalue weighted by molar-refractivity contribution is 0.0929. The van der Waals surface area contributed by atoms with Crippen LogP contribution in [-0.4, -0.2) is 16.7 Å². The zero-order valence-corrected chi connectivity index (χ0v) is 13.8. The normalized spacial score (nSPS) is 11.6. The van der Waals surface area contributed by atoms with Crippen molar-refractivity contribution in [1.29, 1.82) is 0 Å². The quantitative estimate of drug-likeness (QED) is 0.724. The predicted octanol–water partition coefficient (Wildman–Crippen LogP) is 3.80. The maximum absolute atomic E-state index is 12.7. The molecule has 0 aliphatic carbocycles. The standard InChI is InChI=1S/C21H18N2O2/c1-15(16-11-13-22-14-12-16)23-21(25)19-10-6-5-9-18(19)20(24)17-7-3-2-4-8-17/h2-15H,1H3,(H,23,25).